The minimum atomic E-state index is -2.99. The molecule has 1 aromatic heterocycles. The maximum absolute atomic E-state index is 12.1. The van der Waals surface area contributed by atoms with Crippen LogP contribution in [-0.2, 0) is 19.8 Å². The van der Waals surface area contributed by atoms with Crippen molar-refractivity contribution in [1.82, 2.24) is 0 Å². The molecule has 4 nitrogen and oxygen atoms in total. The van der Waals surface area contributed by atoms with E-state index in [1.807, 2.05) is 13.0 Å². The van der Waals surface area contributed by atoms with Gasteiger partial charge in [-0.25, -0.2) is 0 Å². The van der Waals surface area contributed by atoms with E-state index in [1.165, 1.54) is 0 Å². The van der Waals surface area contributed by atoms with E-state index in [4.69, 9.17) is 13.5 Å². The minimum Gasteiger partial charge on any atom is -0.469 e. The van der Waals surface area contributed by atoms with Gasteiger partial charge in [-0.2, -0.15) is 0 Å². The number of aryl methyl sites for hydroxylation is 1. The fourth-order valence-corrected chi connectivity index (χ4v) is 2.98. The molecule has 1 heterocycles. The lowest BCUT2D eigenvalue weighted by atomic mass is 10.3. The van der Waals surface area contributed by atoms with Crippen LogP contribution in [0.4, 0.5) is 0 Å². The second-order valence-electron chi connectivity index (χ2n) is 3.17. The van der Waals surface area contributed by atoms with Crippen molar-refractivity contribution in [3.8, 4) is 0 Å². The highest BCUT2D eigenvalue weighted by atomic mass is 31.2. The van der Waals surface area contributed by atoms with Gasteiger partial charge in [-0.3, -0.25) is 4.57 Å². The van der Waals surface area contributed by atoms with Gasteiger partial charge in [0, 0.05) is 5.56 Å². The molecule has 0 aromatic carbocycles. The molecule has 1 aromatic rings. The largest absolute Gasteiger partial charge is 0.469 e. The molecule has 0 aliphatic heterocycles. The fraction of sp³-hybridized carbons (Fsp3) is 0.600. The monoisotopic (exact) mass is 232 g/mol. The highest BCUT2D eigenvalue weighted by Crippen LogP contribution is 2.51. The van der Waals surface area contributed by atoms with Gasteiger partial charge in [-0.05, 0) is 26.8 Å². The van der Waals surface area contributed by atoms with Gasteiger partial charge in [-0.15, -0.1) is 0 Å². The number of furan rings is 1. The standard InChI is InChI=1S/C10H17O4P/c1-4-13-15(11,14-5-2)8-10-6-9(3)12-7-10/h6-7H,4-5,8H2,1-3H3. The molecule has 0 amide bonds. The molecule has 0 fully saturated rings. The molecule has 0 aliphatic carbocycles. The molecule has 0 aliphatic rings. The maximum atomic E-state index is 12.1. The Balaban J connectivity index is 2.70. The molecule has 15 heavy (non-hydrogen) atoms. The third kappa shape index (κ3) is 3.82. The van der Waals surface area contributed by atoms with Crippen LogP contribution in [0.15, 0.2) is 16.7 Å². The zero-order chi connectivity index (χ0) is 11.3. The van der Waals surface area contributed by atoms with Crippen molar-refractivity contribution >= 4 is 7.60 Å². The van der Waals surface area contributed by atoms with Gasteiger partial charge in [0.15, 0.2) is 0 Å². The molecule has 0 saturated carbocycles. The van der Waals surface area contributed by atoms with Gasteiger partial charge >= 0.3 is 7.60 Å². The van der Waals surface area contributed by atoms with Gasteiger partial charge in [0.1, 0.15) is 5.76 Å². The Morgan fingerprint density at radius 2 is 1.93 bits per heavy atom. The van der Waals surface area contributed by atoms with E-state index < -0.39 is 7.60 Å². The number of hydrogen-bond acceptors (Lipinski definition) is 4. The summed E-state index contributed by atoms with van der Waals surface area (Å²) in [4.78, 5) is 0. The first-order chi connectivity index (χ1) is 7.09. The summed E-state index contributed by atoms with van der Waals surface area (Å²) in [5.74, 6) is 0.796. The van der Waals surface area contributed by atoms with Gasteiger partial charge in [0.25, 0.3) is 0 Å². The van der Waals surface area contributed by atoms with Crippen LogP contribution < -0.4 is 0 Å². The number of rotatable bonds is 6. The molecule has 0 radical (unpaired) electrons. The van der Waals surface area contributed by atoms with E-state index in [2.05, 4.69) is 0 Å². The summed E-state index contributed by atoms with van der Waals surface area (Å²) in [5, 5.41) is 0. The number of hydrogen-bond donors (Lipinski definition) is 0. The first-order valence-corrected chi connectivity index (χ1v) is 6.74. The fourth-order valence-electron chi connectivity index (χ4n) is 1.33. The average Bonchev–Trinajstić information content (AvgIpc) is 2.51. The molecular formula is C10H17O4P. The average molecular weight is 232 g/mol. The van der Waals surface area contributed by atoms with Crippen LogP contribution in [0.3, 0.4) is 0 Å². The minimum absolute atomic E-state index is 0.270. The molecule has 0 unspecified atom stereocenters. The molecule has 5 heteroatoms. The molecule has 0 atom stereocenters. The van der Waals surface area contributed by atoms with Crippen molar-refractivity contribution in [3.63, 3.8) is 0 Å². The Hall–Kier alpha value is -0.570. The quantitative estimate of drug-likeness (QED) is 0.705. The molecule has 0 saturated heterocycles. The zero-order valence-corrected chi connectivity index (χ0v) is 10.3. The molecular weight excluding hydrogens is 215 g/mol. The Morgan fingerprint density at radius 1 is 1.33 bits per heavy atom. The van der Waals surface area contributed by atoms with Crippen LogP contribution in [0.25, 0.3) is 0 Å². The van der Waals surface area contributed by atoms with Gasteiger partial charge in [0.05, 0.1) is 25.6 Å². The van der Waals surface area contributed by atoms with E-state index in [0.29, 0.717) is 13.2 Å². The summed E-state index contributed by atoms with van der Waals surface area (Å²) in [7, 11) is -2.99. The van der Waals surface area contributed by atoms with Crippen molar-refractivity contribution in [2.75, 3.05) is 13.2 Å². The van der Waals surface area contributed by atoms with Crippen LogP contribution in [0, 0.1) is 6.92 Å². The Kier molecular flexibility index (Phi) is 4.58. The van der Waals surface area contributed by atoms with Gasteiger partial charge < -0.3 is 13.5 Å². The van der Waals surface area contributed by atoms with Crippen molar-refractivity contribution in [2.24, 2.45) is 0 Å². The lowest BCUT2D eigenvalue weighted by Crippen LogP contribution is -1.98. The molecule has 86 valence electrons. The molecule has 0 N–H and O–H groups in total. The van der Waals surface area contributed by atoms with E-state index in [9.17, 15) is 4.57 Å². The van der Waals surface area contributed by atoms with E-state index in [-0.39, 0.29) is 6.16 Å². The molecule has 1 rings (SSSR count). The molecule has 0 spiro atoms. The van der Waals surface area contributed by atoms with Crippen molar-refractivity contribution < 1.29 is 18.0 Å². The van der Waals surface area contributed by atoms with Crippen LogP contribution >= 0.6 is 7.60 Å². The Bertz CT molecular complexity index is 335. The van der Waals surface area contributed by atoms with Gasteiger partial charge in [0.2, 0.25) is 0 Å². The molecule has 0 bridgehead atoms. The van der Waals surface area contributed by atoms with E-state index in [0.717, 1.165) is 11.3 Å². The van der Waals surface area contributed by atoms with Crippen molar-refractivity contribution in [3.05, 3.63) is 23.7 Å². The normalized spacial score (nSPS) is 11.9. The second kappa shape index (κ2) is 5.50. The third-order valence-corrected chi connectivity index (χ3v) is 3.87. The lowest BCUT2D eigenvalue weighted by Gasteiger charge is -2.15. The first kappa shape index (κ1) is 12.5. The van der Waals surface area contributed by atoms with E-state index >= 15 is 0 Å². The predicted octanol–water partition coefficient (Wildman–Crippen LogP) is 3.35. The van der Waals surface area contributed by atoms with Gasteiger partial charge in [-0.1, -0.05) is 0 Å². The first-order valence-electron chi connectivity index (χ1n) is 5.01. The lowest BCUT2D eigenvalue weighted by molar-refractivity contribution is 0.219. The van der Waals surface area contributed by atoms with Crippen LogP contribution in [0.2, 0.25) is 0 Å². The smallest absolute Gasteiger partial charge is 0.335 e. The summed E-state index contributed by atoms with van der Waals surface area (Å²) in [6.45, 7) is 6.20. The Labute approximate surface area is 90.1 Å². The van der Waals surface area contributed by atoms with Crippen LogP contribution in [0.1, 0.15) is 25.2 Å². The third-order valence-electron chi connectivity index (χ3n) is 1.81. The predicted molar refractivity (Wildman–Crippen MR) is 58.0 cm³/mol. The highest BCUT2D eigenvalue weighted by Gasteiger charge is 2.24. The second-order valence-corrected chi connectivity index (χ2v) is 5.22. The summed E-state index contributed by atoms with van der Waals surface area (Å²) < 4.78 is 27.6. The van der Waals surface area contributed by atoms with Crippen molar-refractivity contribution in [2.45, 2.75) is 26.9 Å². The maximum Gasteiger partial charge on any atom is 0.335 e. The topological polar surface area (TPSA) is 48.7 Å². The van der Waals surface area contributed by atoms with Crippen LogP contribution in [-0.4, -0.2) is 13.2 Å². The van der Waals surface area contributed by atoms with Crippen LogP contribution in [0.5, 0.6) is 0 Å². The van der Waals surface area contributed by atoms with E-state index in [1.54, 1.807) is 20.1 Å². The highest BCUT2D eigenvalue weighted by molar-refractivity contribution is 7.53. The summed E-state index contributed by atoms with van der Waals surface area (Å²) in [6.07, 6.45) is 1.85. The van der Waals surface area contributed by atoms with Crippen molar-refractivity contribution in [1.29, 1.82) is 0 Å². The summed E-state index contributed by atoms with van der Waals surface area (Å²) >= 11 is 0. The summed E-state index contributed by atoms with van der Waals surface area (Å²) in [5.41, 5.74) is 0.845. The SMILES string of the molecule is CCOP(=O)(Cc1coc(C)c1)OCC. The summed E-state index contributed by atoms with van der Waals surface area (Å²) in [6, 6.07) is 1.84. The zero-order valence-electron chi connectivity index (χ0n) is 9.36. The Morgan fingerprint density at radius 3 is 2.33 bits per heavy atom.